The van der Waals surface area contributed by atoms with Crippen molar-refractivity contribution in [1.29, 1.82) is 0 Å². The highest BCUT2D eigenvalue weighted by molar-refractivity contribution is 7.19. The summed E-state index contributed by atoms with van der Waals surface area (Å²) < 4.78 is 8.49. The predicted molar refractivity (Wildman–Crippen MR) is 115 cm³/mol. The van der Waals surface area contributed by atoms with E-state index in [2.05, 4.69) is 17.6 Å². The number of methoxy groups -OCH3 is 1. The van der Waals surface area contributed by atoms with Crippen molar-refractivity contribution in [2.75, 3.05) is 33.3 Å². The van der Waals surface area contributed by atoms with Crippen molar-refractivity contribution >= 4 is 33.4 Å². The zero-order chi connectivity index (χ0) is 20.5. The summed E-state index contributed by atoms with van der Waals surface area (Å²) in [6.07, 6.45) is 0. The maximum absolute atomic E-state index is 13.3. The maximum atomic E-state index is 13.3. The van der Waals surface area contributed by atoms with Crippen LogP contribution in [-0.2, 0) is 11.3 Å². The van der Waals surface area contributed by atoms with Gasteiger partial charge < -0.3 is 19.1 Å². The van der Waals surface area contributed by atoms with E-state index in [9.17, 15) is 9.59 Å². The first kappa shape index (κ1) is 19.5. The van der Waals surface area contributed by atoms with Gasteiger partial charge in [-0.05, 0) is 36.8 Å². The van der Waals surface area contributed by atoms with Crippen LogP contribution in [0.1, 0.15) is 27.9 Å². The van der Waals surface area contributed by atoms with Crippen LogP contribution in [0.25, 0.3) is 10.2 Å². The fraction of sp³-hybridized carbons (Fsp3) is 0.364. The Morgan fingerprint density at radius 1 is 1.03 bits per heavy atom. The number of carbonyl (C=O) groups excluding carboxylic acids is 2. The zero-order valence-electron chi connectivity index (χ0n) is 17.0. The topological polar surface area (TPSA) is 54.8 Å². The molecule has 0 saturated carbocycles. The van der Waals surface area contributed by atoms with E-state index in [0.717, 1.165) is 21.5 Å². The molecule has 0 bridgehead atoms. The molecule has 29 heavy (non-hydrogen) atoms. The Labute approximate surface area is 174 Å². The zero-order valence-corrected chi connectivity index (χ0v) is 17.8. The number of fused-ring (bicyclic) bond motifs is 1. The summed E-state index contributed by atoms with van der Waals surface area (Å²) in [4.78, 5) is 29.8. The highest BCUT2D eigenvalue weighted by atomic mass is 32.1. The highest BCUT2D eigenvalue weighted by Gasteiger charge is 2.26. The van der Waals surface area contributed by atoms with Gasteiger partial charge in [0.2, 0.25) is 5.91 Å². The van der Waals surface area contributed by atoms with Gasteiger partial charge in [0.15, 0.2) is 0 Å². The fourth-order valence-corrected chi connectivity index (χ4v) is 4.77. The number of rotatable bonds is 4. The molecule has 0 aliphatic carbocycles. The smallest absolute Gasteiger partial charge is 0.270 e. The minimum absolute atomic E-state index is 0.0303. The molecule has 2 amide bonds. The molecule has 3 heterocycles. The van der Waals surface area contributed by atoms with E-state index in [1.807, 2.05) is 35.2 Å². The van der Waals surface area contributed by atoms with Crippen LogP contribution in [-0.4, -0.2) is 59.5 Å². The van der Waals surface area contributed by atoms with E-state index in [0.29, 0.717) is 38.4 Å². The van der Waals surface area contributed by atoms with Crippen LogP contribution in [0, 0.1) is 6.92 Å². The lowest BCUT2D eigenvalue weighted by Gasteiger charge is -2.34. The molecule has 0 unspecified atom stereocenters. The summed E-state index contributed by atoms with van der Waals surface area (Å²) in [5.41, 5.74) is 2.91. The average Bonchev–Trinajstić information content (AvgIpc) is 3.25. The number of ether oxygens (including phenoxy) is 1. The number of benzene rings is 1. The summed E-state index contributed by atoms with van der Waals surface area (Å²) in [6, 6.07) is 12.1. The molecule has 1 aliphatic rings. The fourth-order valence-electron chi connectivity index (χ4n) is 3.81. The molecule has 1 fully saturated rings. The summed E-state index contributed by atoms with van der Waals surface area (Å²) in [5, 5.41) is 0. The SMILES string of the molecule is COc1ccc(Cn2c(C(=O)N3CCN(C(C)=O)CC3)cc3sc(C)cc32)cc1. The van der Waals surface area contributed by atoms with Gasteiger partial charge in [-0.1, -0.05) is 12.1 Å². The molecule has 3 aromatic rings. The molecule has 0 N–H and O–H groups in total. The van der Waals surface area contributed by atoms with Crippen molar-refractivity contribution in [3.8, 4) is 5.75 Å². The largest absolute Gasteiger partial charge is 0.497 e. The second-order valence-electron chi connectivity index (χ2n) is 7.37. The normalized spacial score (nSPS) is 14.4. The van der Waals surface area contributed by atoms with Crippen molar-refractivity contribution < 1.29 is 14.3 Å². The highest BCUT2D eigenvalue weighted by Crippen LogP contribution is 2.30. The molecule has 0 radical (unpaired) electrons. The maximum Gasteiger partial charge on any atom is 0.270 e. The lowest BCUT2D eigenvalue weighted by molar-refractivity contribution is -0.130. The van der Waals surface area contributed by atoms with E-state index in [1.54, 1.807) is 30.3 Å². The number of aromatic nitrogens is 1. The van der Waals surface area contributed by atoms with Crippen LogP contribution >= 0.6 is 11.3 Å². The molecule has 7 heteroatoms. The molecule has 1 aromatic carbocycles. The standard InChI is InChI=1S/C22H25N3O3S/c1-15-12-19-21(29-15)13-20(22(27)24-10-8-23(9-11-24)16(2)26)25(19)14-17-4-6-18(28-3)7-5-17/h4-7,12-13H,8-11,14H2,1-3H3. The van der Waals surface area contributed by atoms with Gasteiger partial charge in [0.1, 0.15) is 11.4 Å². The van der Waals surface area contributed by atoms with Crippen LogP contribution in [0.2, 0.25) is 0 Å². The van der Waals surface area contributed by atoms with Gasteiger partial charge in [0.05, 0.1) is 17.3 Å². The summed E-state index contributed by atoms with van der Waals surface area (Å²) in [5.74, 6) is 0.913. The van der Waals surface area contributed by atoms with Crippen molar-refractivity contribution in [1.82, 2.24) is 14.4 Å². The van der Waals surface area contributed by atoms with Gasteiger partial charge in [-0.15, -0.1) is 11.3 Å². The Morgan fingerprint density at radius 2 is 1.69 bits per heavy atom. The third-order valence-electron chi connectivity index (χ3n) is 5.44. The number of carbonyl (C=O) groups is 2. The van der Waals surface area contributed by atoms with Crippen LogP contribution in [0.15, 0.2) is 36.4 Å². The number of aryl methyl sites for hydroxylation is 1. The van der Waals surface area contributed by atoms with Crippen molar-refractivity contribution in [3.63, 3.8) is 0 Å². The van der Waals surface area contributed by atoms with Crippen LogP contribution in [0.3, 0.4) is 0 Å². The van der Waals surface area contributed by atoms with Gasteiger partial charge >= 0.3 is 0 Å². The van der Waals surface area contributed by atoms with Crippen molar-refractivity contribution in [2.24, 2.45) is 0 Å². The Hall–Kier alpha value is -2.80. The van der Waals surface area contributed by atoms with E-state index in [1.165, 1.54) is 4.88 Å². The van der Waals surface area contributed by atoms with Crippen LogP contribution in [0.4, 0.5) is 0 Å². The van der Waals surface area contributed by atoms with E-state index in [-0.39, 0.29) is 11.8 Å². The number of hydrogen-bond donors (Lipinski definition) is 0. The first-order chi connectivity index (χ1) is 14.0. The summed E-state index contributed by atoms with van der Waals surface area (Å²) in [6.45, 7) is 6.61. The molecular formula is C22H25N3O3S. The first-order valence-electron chi connectivity index (χ1n) is 9.73. The second kappa shape index (κ2) is 7.91. The van der Waals surface area contributed by atoms with Gasteiger partial charge in [0.25, 0.3) is 5.91 Å². The van der Waals surface area contributed by atoms with Gasteiger partial charge in [0, 0.05) is 44.5 Å². The van der Waals surface area contributed by atoms with Crippen LogP contribution in [0.5, 0.6) is 5.75 Å². The molecule has 6 nitrogen and oxygen atoms in total. The molecule has 0 atom stereocenters. The monoisotopic (exact) mass is 411 g/mol. The van der Waals surface area contributed by atoms with E-state index in [4.69, 9.17) is 4.74 Å². The third-order valence-corrected chi connectivity index (χ3v) is 6.43. The molecule has 4 rings (SSSR count). The summed E-state index contributed by atoms with van der Waals surface area (Å²) in [7, 11) is 1.65. The van der Waals surface area contributed by atoms with Gasteiger partial charge in [-0.3, -0.25) is 9.59 Å². The lowest BCUT2D eigenvalue weighted by atomic mass is 10.2. The number of nitrogens with zero attached hydrogens (tertiary/aromatic N) is 3. The third kappa shape index (κ3) is 3.87. The number of piperazine rings is 1. The molecule has 1 aliphatic heterocycles. The van der Waals surface area contributed by atoms with Crippen molar-refractivity contribution in [3.05, 3.63) is 52.5 Å². The molecule has 0 spiro atoms. The number of hydrogen-bond acceptors (Lipinski definition) is 4. The van der Waals surface area contributed by atoms with E-state index < -0.39 is 0 Å². The van der Waals surface area contributed by atoms with Crippen LogP contribution < -0.4 is 4.74 Å². The van der Waals surface area contributed by atoms with E-state index >= 15 is 0 Å². The quantitative estimate of drug-likeness (QED) is 0.661. The Morgan fingerprint density at radius 3 is 2.31 bits per heavy atom. The summed E-state index contributed by atoms with van der Waals surface area (Å²) >= 11 is 1.71. The molecule has 2 aromatic heterocycles. The first-order valence-corrected chi connectivity index (χ1v) is 10.6. The lowest BCUT2D eigenvalue weighted by Crippen LogP contribution is -2.50. The van der Waals surface area contributed by atoms with Gasteiger partial charge in [-0.25, -0.2) is 0 Å². The Kier molecular flexibility index (Phi) is 5.32. The second-order valence-corrected chi connectivity index (χ2v) is 8.66. The predicted octanol–water partition coefficient (Wildman–Crippen LogP) is 3.37. The minimum atomic E-state index is 0.0303. The van der Waals surface area contributed by atoms with Gasteiger partial charge in [-0.2, -0.15) is 0 Å². The Bertz CT molecular complexity index is 1040. The number of thiophene rings is 1. The molecular weight excluding hydrogens is 386 g/mol. The number of amides is 2. The van der Waals surface area contributed by atoms with Crippen molar-refractivity contribution in [2.45, 2.75) is 20.4 Å². The molecule has 152 valence electrons. The molecule has 1 saturated heterocycles. The Balaban J connectivity index is 1.63. The minimum Gasteiger partial charge on any atom is -0.497 e. The average molecular weight is 412 g/mol.